The summed E-state index contributed by atoms with van der Waals surface area (Å²) in [6, 6.07) is 14.0. The molecule has 0 radical (unpaired) electrons. The van der Waals surface area contributed by atoms with Crippen molar-refractivity contribution >= 4 is 11.6 Å². The van der Waals surface area contributed by atoms with Crippen LogP contribution in [0.1, 0.15) is 18.4 Å². The molecule has 154 valence electrons. The maximum atomic E-state index is 13.1. The average Bonchev–Trinajstić information content (AvgIpc) is 3.40. The summed E-state index contributed by atoms with van der Waals surface area (Å²) in [7, 11) is 0. The summed E-state index contributed by atoms with van der Waals surface area (Å²) in [5, 5.41) is 19.5. The van der Waals surface area contributed by atoms with Crippen molar-refractivity contribution in [3.63, 3.8) is 0 Å². The van der Waals surface area contributed by atoms with Crippen molar-refractivity contribution in [2.75, 3.05) is 13.1 Å². The molecule has 3 aromatic heterocycles. The van der Waals surface area contributed by atoms with E-state index in [0.29, 0.717) is 19.0 Å². The third kappa shape index (κ3) is 4.62. The van der Waals surface area contributed by atoms with E-state index in [0.717, 1.165) is 35.8 Å². The molecule has 0 bridgehead atoms. The molecule has 4 aromatic rings. The first-order chi connectivity index (χ1) is 14.7. The molecular weight excluding hydrogens is 383 g/mol. The van der Waals surface area contributed by atoms with Crippen molar-refractivity contribution < 1.29 is 4.39 Å². The third-order valence-electron chi connectivity index (χ3n) is 4.52. The number of halogens is 1. The Hall–Kier alpha value is -3.75. The molecule has 1 aromatic carbocycles. The van der Waals surface area contributed by atoms with Crippen LogP contribution in [0.15, 0.2) is 65.9 Å². The maximum absolute atomic E-state index is 13.1. The maximum Gasteiger partial charge on any atom is 0.191 e. The number of benzene rings is 1. The van der Waals surface area contributed by atoms with Gasteiger partial charge < -0.3 is 10.6 Å². The molecule has 0 aliphatic heterocycles. The number of hydrogen-bond donors (Lipinski definition) is 2. The predicted octanol–water partition coefficient (Wildman–Crippen LogP) is 2.35. The lowest BCUT2D eigenvalue weighted by Crippen LogP contribution is -2.38. The molecule has 0 atom stereocenters. The van der Waals surface area contributed by atoms with E-state index in [1.165, 1.54) is 12.1 Å². The fraction of sp³-hybridized carbons (Fsp3) is 0.238. The Kier molecular flexibility index (Phi) is 5.98. The number of guanidine groups is 1. The fourth-order valence-electron chi connectivity index (χ4n) is 3.03. The number of hydrogen-bond acceptors (Lipinski definition) is 4. The molecule has 30 heavy (non-hydrogen) atoms. The molecule has 0 amide bonds. The number of rotatable bonds is 7. The van der Waals surface area contributed by atoms with Crippen LogP contribution in [0.2, 0.25) is 0 Å². The van der Waals surface area contributed by atoms with E-state index in [1.54, 1.807) is 16.8 Å². The average molecular weight is 406 g/mol. The molecule has 0 spiro atoms. The summed E-state index contributed by atoms with van der Waals surface area (Å²) < 4.78 is 16.7. The van der Waals surface area contributed by atoms with Crippen molar-refractivity contribution in [1.29, 1.82) is 0 Å². The summed E-state index contributed by atoms with van der Waals surface area (Å²) >= 11 is 0. The molecule has 0 saturated carbocycles. The number of nitrogens with one attached hydrogen (secondary N) is 2. The van der Waals surface area contributed by atoms with Crippen molar-refractivity contribution in [3.8, 4) is 5.69 Å². The lowest BCUT2D eigenvalue weighted by Gasteiger charge is -2.10. The minimum absolute atomic E-state index is 0.260. The van der Waals surface area contributed by atoms with Crippen LogP contribution >= 0.6 is 0 Å². The zero-order chi connectivity index (χ0) is 20.8. The number of aromatic nitrogens is 5. The van der Waals surface area contributed by atoms with Gasteiger partial charge in [-0.2, -0.15) is 5.10 Å². The van der Waals surface area contributed by atoms with Gasteiger partial charge in [0.1, 0.15) is 12.4 Å². The highest BCUT2D eigenvalue weighted by atomic mass is 19.1. The van der Waals surface area contributed by atoms with Gasteiger partial charge in [0.15, 0.2) is 17.4 Å². The predicted molar refractivity (Wildman–Crippen MR) is 113 cm³/mol. The van der Waals surface area contributed by atoms with E-state index in [1.807, 2.05) is 48.0 Å². The Morgan fingerprint density at radius 2 is 1.90 bits per heavy atom. The van der Waals surface area contributed by atoms with Crippen LogP contribution in [0.5, 0.6) is 0 Å². The first kappa shape index (κ1) is 19.6. The fourth-order valence-corrected chi connectivity index (χ4v) is 3.03. The SMILES string of the molecule is CCNC(=NCc1nnc2ccccn12)NCCc1ccn(-c2ccc(F)cc2)n1. The molecular formula is C21H23FN8. The van der Waals surface area contributed by atoms with Crippen molar-refractivity contribution in [2.24, 2.45) is 4.99 Å². The number of pyridine rings is 1. The summed E-state index contributed by atoms with van der Waals surface area (Å²) in [5.74, 6) is 1.23. The minimum Gasteiger partial charge on any atom is -0.357 e. The van der Waals surface area contributed by atoms with E-state index < -0.39 is 0 Å². The zero-order valence-corrected chi connectivity index (χ0v) is 16.7. The molecule has 0 aliphatic rings. The number of aliphatic imine (C=N–C) groups is 1. The Morgan fingerprint density at radius 3 is 2.73 bits per heavy atom. The summed E-state index contributed by atoms with van der Waals surface area (Å²) in [6.45, 7) is 3.87. The second-order valence-electron chi connectivity index (χ2n) is 6.65. The van der Waals surface area contributed by atoms with Gasteiger partial charge in [0.05, 0.1) is 11.4 Å². The van der Waals surface area contributed by atoms with Gasteiger partial charge in [-0.05, 0) is 49.4 Å². The van der Waals surface area contributed by atoms with E-state index in [-0.39, 0.29) is 5.82 Å². The van der Waals surface area contributed by atoms with Crippen LogP contribution < -0.4 is 10.6 Å². The summed E-state index contributed by atoms with van der Waals surface area (Å²) in [6.07, 6.45) is 4.53. The molecule has 0 aliphatic carbocycles. The van der Waals surface area contributed by atoms with Crippen LogP contribution in [-0.2, 0) is 13.0 Å². The second kappa shape index (κ2) is 9.17. The standard InChI is InChI=1S/C21H23FN8/c1-2-23-21(25-15-20-27-26-19-5-3-4-13-29(19)20)24-12-10-17-11-14-30(28-17)18-8-6-16(22)7-9-18/h3-9,11,13-14H,2,10,12,15H2,1H3,(H2,23,24,25). The Labute approximate surface area is 173 Å². The topological polar surface area (TPSA) is 84.4 Å². The molecule has 2 N–H and O–H groups in total. The highest BCUT2D eigenvalue weighted by Crippen LogP contribution is 2.09. The third-order valence-corrected chi connectivity index (χ3v) is 4.52. The number of fused-ring (bicyclic) bond motifs is 1. The monoisotopic (exact) mass is 406 g/mol. The minimum atomic E-state index is -0.260. The van der Waals surface area contributed by atoms with Gasteiger partial charge in [0, 0.05) is 31.9 Å². The number of nitrogens with zero attached hydrogens (tertiary/aromatic N) is 6. The van der Waals surface area contributed by atoms with Crippen LogP contribution in [0, 0.1) is 5.82 Å². The summed E-state index contributed by atoms with van der Waals surface area (Å²) in [4.78, 5) is 4.61. The molecule has 8 nitrogen and oxygen atoms in total. The van der Waals surface area contributed by atoms with Gasteiger partial charge in [-0.25, -0.2) is 14.1 Å². The van der Waals surface area contributed by atoms with E-state index in [9.17, 15) is 4.39 Å². The highest BCUT2D eigenvalue weighted by Gasteiger charge is 2.06. The van der Waals surface area contributed by atoms with Crippen molar-refractivity contribution in [3.05, 3.63) is 78.3 Å². The first-order valence-corrected chi connectivity index (χ1v) is 9.84. The van der Waals surface area contributed by atoms with Crippen LogP contribution in [0.25, 0.3) is 11.3 Å². The highest BCUT2D eigenvalue weighted by molar-refractivity contribution is 5.79. The largest absolute Gasteiger partial charge is 0.357 e. The second-order valence-corrected chi connectivity index (χ2v) is 6.65. The zero-order valence-electron chi connectivity index (χ0n) is 16.7. The smallest absolute Gasteiger partial charge is 0.191 e. The van der Waals surface area contributed by atoms with Crippen LogP contribution in [-0.4, -0.2) is 43.4 Å². The van der Waals surface area contributed by atoms with Gasteiger partial charge in [-0.15, -0.1) is 10.2 Å². The van der Waals surface area contributed by atoms with Gasteiger partial charge in [-0.1, -0.05) is 6.07 Å². The van der Waals surface area contributed by atoms with Gasteiger partial charge >= 0.3 is 0 Å². The Morgan fingerprint density at radius 1 is 1.03 bits per heavy atom. The Balaban J connectivity index is 1.35. The first-order valence-electron chi connectivity index (χ1n) is 9.84. The van der Waals surface area contributed by atoms with Gasteiger partial charge in [0.2, 0.25) is 0 Å². The molecule has 4 rings (SSSR count). The lowest BCUT2D eigenvalue weighted by molar-refractivity contribution is 0.627. The van der Waals surface area contributed by atoms with Crippen molar-refractivity contribution in [2.45, 2.75) is 19.9 Å². The molecule has 0 unspecified atom stereocenters. The van der Waals surface area contributed by atoms with E-state index >= 15 is 0 Å². The summed E-state index contributed by atoms with van der Waals surface area (Å²) in [5.41, 5.74) is 2.56. The van der Waals surface area contributed by atoms with Gasteiger partial charge in [0.25, 0.3) is 0 Å². The van der Waals surface area contributed by atoms with E-state index in [2.05, 4.69) is 30.9 Å². The molecule has 0 fully saturated rings. The van der Waals surface area contributed by atoms with Gasteiger partial charge in [-0.3, -0.25) is 4.40 Å². The lowest BCUT2D eigenvalue weighted by atomic mass is 10.3. The molecule has 0 saturated heterocycles. The van der Waals surface area contributed by atoms with Crippen LogP contribution in [0.3, 0.4) is 0 Å². The Bertz CT molecular complexity index is 1130. The van der Waals surface area contributed by atoms with E-state index in [4.69, 9.17) is 0 Å². The molecule has 9 heteroatoms. The molecule has 3 heterocycles. The quantitative estimate of drug-likeness (QED) is 0.364. The van der Waals surface area contributed by atoms with Crippen molar-refractivity contribution in [1.82, 2.24) is 35.0 Å². The normalized spacial score (nSPS) is 11.7. The van der Waals surface area contributed by atoms with Crippen LogP contribution in [0.4, 0.5) is 4.39 Å².